The quantitative estimate of drug-likeness (QED) is 0.296. The third-order valence-corrected chi connectivity index (χ3v) is 8.99. The summed E-state index contributed by atoms with van der Waals surface area (Å²) in [5, 5.41) is 13.6. The van der Waals surface area contributed by atoms with Crippen LogP contribution in [0.5, 0.6) is 5.75 Å². The molecule has 7 rings (SSSR count). The van der Waals surface area contributed by atoms with Crippen molar-refractivity contribution in [1.29, 1.82) is 0 Å². The van der Waals surface area contributed by atoms with Crippen LogP contribution >= 0.6 is 0 Å². The Morgan fingerprint density at radius 2 is 1.77 bits per heavy atom. The van der Waals surface area contributed by atoms with Crippen molar-refractivity contribution in [2.45, 2.75) is 81.4 Å². The van der Waals surface area contributed by atoms with Crippen LogP contribution in [0.3, 0.4) is 0 Å². The lowest BCUT2D eigenvalue weighted by atomic mass is 9.62. The van der Waals surface area contributed by atoms with Crippen LogP contribution in [0, 0.1) is 0 Å². The number of alkyl halides is 3. The summed E-state index contributed by atoms with van der Waals surface area (Å²) in [6, 6.07) is 13.0. The number of carboxylic acid groups (broad SMARTS) is 1. The number of benzene rings is 2. The molecule has 212 valence electrons. The molecule has 4 aliphatic carbocycles. The van der Waals surface area contributed by atoms with Gasteiger partial charge in [0.15, 0.2) is 0 Å². The molecule has 1 N–H and O–H groups in total. The van der Waals surface area contributed by atoms with E-state index in [2.05, 4.69) is 14.8 Å². The van der Waals surface area contributed by atoms with Gasteiger partial charge in [0.1, 0.15) is 17.2 Å². The van der Waals surface area contributed by atoms with Crippen LogP contribution in [-0.4, -0.2) is 40.8 Å². The van der Waals surface area contributed by atoms with Gasteiger partial charge in [-0.3, -0.25) is 0 Å². The first-order valence-electron chi connectivity index (χ1n) is 13.6. The molecule has 0 atom stereocenters. The highest BCUT2D eigenvalue weighted by Crippen LogP contribution is 2.53. The summed E-state index contributed by atoms with van der Waals surface area (Å²) < 4.78 is 55.9. The predicted octanol–water partition coefficient (Wildman–Crippen LogP) is 7.31. The number of hydrogen-bond donors (Lipinski definition) is 1. The maximum Gasteiger partial charge on any atom is 0.573 e. The molecule has 4 aliphatic rings. The van der Waals surface area contributed by atoms with E-state index in [9.17, 15) is 23.1 Å². The minimum Gasteiger partial charge on any atom is -0.478 e. The third-order valence-electron chi connectivity index (χ3n) is 8.99. The van der Waals surface area contributed by atoms with Crippen LogP contribution in [0.4, 0.5) is 18.9 Å². The topological polar surface area (TPSA) is 85.0 Å². The molecule has 2 bridgehead atoms. The lowest BCUT2D eigenvalue weighted by Crippen LogP contribution is -2.58. The average molecular weight is 557 g/mol. The van der Waals surface area contributed by atoms with Crippen molar-refractivity contribution in [3.8, 4) is 17.0 Å². The molecular formula is C30H31F3N2O5. The molecule has 4 saturated carbocycles. The minimum absolute atomic E-state index is 0.0718. The number of rotatable bonds is 9. The Kier molecular flexibility index (Phi) is 6.56. The summed E-state index contributed by atoms with van der Waals surface area (Å²) in [6.07, 6.45) is 2.28. The summed E-state index contributed by atoms with van der Waals surface area (Å²) in [5.41, 5.74) is 2.00. The van der Waals surface area contributed by atoms with Crippen molar-refractivity contribution < 1.29 is 37.1 Å². The molecule has 1 aromatic heterocycles. The number of carbonyl (C=O) groups is 1. The first-order valence-corrected chi connectivity index (χ1v) is 13.6. The minimum atomic E-state index is -4.83. The second-order valence-corrected chi connectivity index (χ2v) is 11.3. The summed E-state index contributed by atoms with van der Waals surface area (Å²) in [7, 11) is 2.03. The first kappa shape index (κ1) is 26.7. The molecule has 10 heteroatoms. The Morgan fingerprint density at radius 3 is 2.42 bits per heavy atom. The van der Waals surface area contributed by atoms with Crippen LogP contribution in [0.25, 0.3) is 11.3 Å². The van der Waals surface area contributed by atoms with Gasteiger partial charge in [-0.15, -0.1) is 13.2 Å². The van der Waals surface area contributed by atoms with Gasteiger partial charge < -0.3 is 24.0 Å². The fraction of sp³-hybridized carbons (Fsp3) is 0.467. The highest BCUT2D eigenvalue weighted by atomic mass is 19.4. The van der Waals surface area contributed by atoms with Crippen LogP contribution in [0.1, 0.15) is 79.0 Å². The van der Waals surface area contributed by atoms with Gasteiger partial charge in [-0.2, -0.15) is 0 Å². The van der Waals surface area contributed by atoms with E-state index in [-0.39, 0.29) is 40.5 Å². The van der Waals surface area contributed by atoms with Crippen molar-refractivity contribution in [2.75, 3.05) is 11.9 Å². The number of carboxylic acids is 1. The summed E-state index contributed by atoms with van der Waals surface area (Å²) >= 11 is 0. The van der Waals surface area contributed by atoms with Gasteiger partial charge in [0.05, 0.1) is 17.8 Å². The Balaban J connectivity index is 1.20. The van der Waals surface area contributed by atoms with Gasteiger partial charge in [0, 0.05) is 35.3 Å². The van der Waals surface area contributed by atoms with Crippen LogP contribution in [0.15, 0.2) is 53.1 Å². The Bertz CT molecular complexity index is 1390. The number of aromatic carboxylic acids is 1. The van der Waals surface area contributed by atoms with Crippen molar-refractivity contribution in [3.05, 3.63) is 65.4 Å². The normalized spacial score (nSPS) is 24.2. The number of aromatic nitrogens is 1. The fourth-order valence-corrected chi connectivity index (χ4v) is 6.41. The molecule has 0 saturated heterocycles. The lowest BCUT2D eigenvalue weighted by molar-refractivity contribution is -0.274. The average Bonchev–Trinajstić information content (AvgIpc) is 3.71. The third kappa shape index (κ3) is 5.05. The van der Waals surface area contributed by atoms with Gasteiger partial charge in [-0.05, 0) is 81.7 Å². The van der Waals surface area contributed by atoms with E-state index in [1.54, 1.807) is 30.3 Å². The molecule has 7 nitrogen and oxygen atoms in total. The molecule has 1 heterocycles. The molecule has 2 aromatic carbocycles. The predicted molar refractivity (Wildman–Crippen MR) is 140 cm³/mol. The molecule has 3 aromatic rings. The van der Waals surface area contributed by atoms with E-state index in [0.29, 0.717) is 17.0 Å². The van der Waals surface area contributed by atoms with E-state index >= 15 is 0 Å². The Morgan fingerprint density at radius 1 is 1.07 bits per heavy atom. The molecule has 0 unspecified atom stereocenters. The van der Waals surface area contributed by atoms with Crippen molar-refractivity contribution in [1.82, 2.24) is 5.16 Å². The van der Waals surface area contributed by atoms with Gasteiger partial charge in [0.25, 0.3) is 0 Å². The molecule has 0 spiro atoms. The Labute approximate surface area is 229 Å². The second kappa shape index (κ2) is 9.83. The number of anilines is 1. The zero-order valence-electron chi connectivity index (χ0n) is 22.2. The van der Waals surface area contributed by atoms with Crippen molar-refractivity contribution in [2.24, 2.45) is 0 Å². The lowest BCUT2D eigenvalue weighted by Gasteiger charge is -2.57. The molecule has 40 heavy (non-hydrogen) atoms. The van der Waals surface area contributed by atoms with E-state index < -0.39 is 12.3 Å². The second-order valence-electron chi connectivity index (χ2n) is 11.3. The number of ether oxygens (including phenoxy) is 2. The van der Waals surface area contributed by atoms with Gasteiger partial charge in [-0.25, -0.2) is 4.79 Å². The smallest absolute Gasteiger partial charge is 0.478 e. The SMILES string of the molecule is CN(c1cccc(C(=O)O)c1)C12CCC(OCc3c(-c4ccccc4OC(F)(F)F)noc3C3CC3)(CC1)CC2. The largest absolute Gasteiger partial charge is 0.573 e. The summed E-state index contributed by atoms with van der Waals surface area (Å²) in [5.74, 6) is -0.375. The molecule has 0 radical (unpaired) electrons. The van der Waals surface area contributed by atoms with Crippen molar-refractivity contribution in [3.63, 3.8) is 0 Å². The van der Waals surface area contributed by atoms with Gasteiger partial charge in [0.2, 0.25) is 0 Å². The van der Waals surface area contributed by atoms with E-state index in [1.807, 2.05) is 13.1 Å². The summed E-state index contributed by atoms with van der Waals surface area (Å²) in [6.45, 7) is 0.203. The summed E-state index contributed by atoms with van der Waals surface area (Å²) in [4.78, 5) is 13.7. The number of nitrogens with zero attached hydrogens (tertiary/aromatic N) is 2. The maximum absolute atomic E-state index is 13.1. The first-order chi connectivity index (χ1) is 19.1. The maximum atomic E-state index is 13.1. The van der Waals surface area contributed by atoms with E-state index in [1.165, 1.54) is 12.1 Å². The molecule has 0 amide bonds. The number of halogens is 3. The van der Waals surface area contributed by atoms with Gasteiger partial charge >= 0.3 is 12.3 Å². The van der Waals surface area contributed by atoms with Crippen LogP contribution < -0.4 is 9.64 Å². The van der Waals surface area contributed by atoms with Crippen molar-refractivity contribution >= 4 is 11.7 Å². The molecule has 0 aliphatic heterocycles. The fourth-order valence-electron chi connectivity index (χ4n) is 6.41. The highest BCUT2D eigenvalue weighted by molar-refractivity contribution is 5.88. The standard InChI is InChI=1S/C30H31F3N2O5/c1-35(21-6-4-5-20(17-21)27(36)37)28-11-14-29(15-12-28,16-13-28)38-18-23-25(34-40-26(23)19-9-10-19)22-7-2-3-8-24(22)39-30(31,32)33/h2-8,17,19H,9-16,18H2,1H3,(H,36,37). The van der Waals surface area contributed by atoms with Gasteiger partial charge in [-0.1, -0.05) is 23.4 Å². The van der Waals surface area contributed by atoms with Crippen LogP contribution in [0.2, 0.25) is 0 Å². The zero-order valence-corrected chi connectivity index (χ0v) is 22.2. The zero-order chi connectivity index (χ0) is 28.1. The van der Waals surface area contributed by atoms with Crippen LogP contribution in [-0.2, 0) is 11.3 Å². The molecule has 4 fully saturated rings. The monoisotopic (exact) mass is 556 g/mol. The molecular weight excluding hydrogens is 525 g/mol. The highest BCUT2D eigenvalue weighted by Gasteiger charge is 2.51. The number of fused-ring (bicyclic) bond motifs is 3. The number of hydrogen-bond acceptors (Lipinski definition) is 6. The Hall–Kier alpha value is -3.53. The number of para-hydroxylation sites is 1. The van der Waals surface area contributed by atoms with E-state index in [0.717, 1.165) is 57.1 Å². The van der Waals surface area contributed by atoms with E-state index in [4.69, 9.17) is 9.26 Å².